The molecule has 0 aliphatic heterocycles. The fourth-order valence-electron chi connectivity index (χ4n) is 2.86. The van der Waals surface area contributed by atoms with Gasteiger partial charge in [0.05, 0.1) is 25.0 Å². The summed E-state index contributed by atoms with van der Waals surface area (Å²) in [5, 5.41) is 3.49. The Kier molecular flexibility index (Phi) is 5.76. The molecule has 0 saturated heterocycles. The lowest BCUT2D eigenvalue weighted by molar-refractivity contribution is 0.0541. The number of nitrogens with zero attached hydrogens (tertiary/aromatic N) is 2. The molecule has 0 amide bonds. The van der Waals surface area contributed by atoms with E-state index in [9.17, 15) is 17.2 Å². The molecule has 0 saturated carbocycles. The Morgan fingerprint density at radius 3 is 2.18 bits per heavy atom. The van der Waals surface area contributed by atoms with Gasteiger partial charge in [0.25, 0.3) is 0 Å². The van der Waals surface area contributed by atoms with Crippen LogP contribution in [0.25, 0.3) is 0 Å². The number of alkyl halides is 2. The van der Waals surface area contributed by atoms with Crippen LogP contribution in [0, 0.1) is 6.92 Å². The molecular formula is C19H19F2N3O3S. The molecule has 0 aliphatic rings. The van der Waals surface area contributed by atoms with E-state index in [-0.39, 0.29) is 10.6 Å². The van der Waals surface area contributed by atoms with E-state index in [0.29, 0.717) is 21.6 Å². The SMILES string of the molecule is COc1ccc([C@@H](NS(=O)(=O)c2cnn(C(F)F)c2C)c2ccccc2)cc1. The Morgan fingerprint density at radius 2 is 1.64 bits per heavy atom. The monoisotopic (exact) mass is 407 g/mol. The first-order chi connectivity index (χ1) is 13.3. The first-order valence-corrected chi connectivity index (χ1v) is 9.85. The van der Waals surface area contributed by atoms with Gasteiger partial charge < -0.3 is 4.74 Å². The number of halogens is 2. The van der Waals surface area contributed by atoms with Crippen molar-refractivity contribution in [1.82, 2.24) is 14.5 Å². The molecule has 28 heavy (non-hydrogen) atoms. The molecule has 148 valence electrons. The van der Waals surface area contributed by atoms with E-state index in [1.807, 2.05) is 6.07 Å². The van der Waals surface area contributed by atoms with Crippen LogP contribution in [0.3, 0.4) is 0 Å². The van der Waals surface area contributed by atoms with Gasteiger partial charge in [-0.15, -0.1) is 0 Å². The van der Waals surface area contributed by atoms with Crippen molar-refractivity contribution in [3.05, 3.63) is 77.6 Å². The maximum Gasteiger partial charge on any atom is 0.333 e. The number of ether oxygens (including phenoxy) is 1. The zero-order valence-corrected chi connectivity index (χ0v) is 16.0. The Labute approximate surface area is 161 Å². The number of nitrogens with one attached hydrogen (secondary N) is 1. The predicted octanol–water partition coefficient (Wildman–Crippen LogP) is 3.66. The average Bonchev–Trinajstić information content (AvgIpc) is 3.09. The van der Waals surface area contributed by atoms with E-state index in [1.54, 1.807) is 48.5 Å². The zero-order chi connectivity index (χ0) is 20.3. The molecule has 1 aromatic heterocycles. The topological polar surface area (TPSA) is 73.2 Å². The van der Waals surface area contributed by atoms with Gasteiger partial charge in [-0.25, -0.2) is 13.1 Å². The minimum absolute atomic E-state index is 0.135. The van der Waals surface area contributed by atoms with Gasteiger partial charge >= 0.3 is 6.55 Å². The third kappa shape index (κ3) is 4.05. The quantitative estimate of drug-likeness (QED) is 0.649. The zero-order valence-electron chi connectivity index (χ0n) is 15.2. The summed E-state index contributed by atoms with van der Waals surface area (Å²) in [6, 6.07) is 15.2. The molecule has 1 atom stereocenters. The van der Waals surface area contributed by atoms with Gasteiger partial charge in [-0.1, -0.05) is 42.5 Å². The van der Waals surface area contributed by atoms with Gasteiger partial charge in [0.2, 0.25) is 10.0 Å². The summed E-state index contributed by atoms with van der Waals surface area (Å²) in [7, 11) is -2.58. The number of sulfonamides is 1. The molecule has 0 aliphatic carbocycles. The van der Waals surface area contributed by atoms with Crippen LogP contribution in [0.15, 0.2) is 65.7 Å². The van der Waals surface area contributed by atoms with Crippen molar-refractivity contribution in [3.63, 3.8) is 0 Å². The molecule has 1 N–H and O–H groups in total. The van der Waals surface area contributed by atoms with Gasteiger partial charge in [0.15, 0.2) is 0 Å². The highest BCUT2D eigenvalue weighted by molar-refractivity contribution is 7.89. The van der Waals surface area contributed by atoms with E-state index in [4.69, 9.17) is 4.74 Å². The molecule has 3 rings (SSSR count). The van der Waals surface area contributed by atoms with E-state index in [2.05, 4.69) is 9.82 Å². The number of rotatable bonds is 7. The summed E-state index contributed by atoms with van der Waals surface area (Å²) < 4.78 is 59.9. The van der Waals surface area contributed by atoms with E-state index >= 15 is 0 Å². The number of aromatic nitrogens is 2. The van der Waals surface area contributed by atoms with Crippen molar-refractivity contribution in [1.29, 1.82) is 0 Å². The summed E-state index contributed by atoms with van der Waals surface area (Å²) in [5.41, 5.74) is 1.24. The highest BCUT2D eigenvalue weighted by Crippen LogP contribution is 2.27. The third-order valence-corrected chi connectivity index (χ3v) is 5.85. The van der Waals surface area contributed by atoms with Gasteiger partial charge in [-0.3, -0.25) is 0 Å². The molecule has 0 fully saturated rings. The second kappa shape index (κ2) is 8.07. The van der Waals surface area contributed by atoms with Gasteiger partial charge in [-0.2, -0.15) is 18.6 Å². The minimum atomic E-state index is -4.11. The third-order valence-electron chi connectivity index (χ3n) is 4.33. The summed E-state index contributed by atoms with van der Waals surface area (Å²) in [6.07, 6.45) is 0.930. The number of benzene rings is 2. The Balaban J connectivity index is 2.01. The van der Waals surface area contributed by atoms with Crippen LogP contribution in [0.4, 0.5) is 8.78 Å². The fourth-order valence-corrected chi connectivity index (χ4v) is 4.23. The van der Waals surface area contributed by atoms with Crippen LogP contribution in [0.1, 0.15) is 29.4 Å². The molecule has 3 aromatic rings. The molecule has 2 aromatic carbocycles. The standard InChI is InChI=1S/C19H19F2N3O3S/c1-13-17(12-22-24(13)19(20)21)28(25,26)23-18(14-6-4-3-5-7-14)15-8-10-16(27-2)11-9-15/h3-12,18-19,23H,1-2H3/t18-/m0/s1. The minimum Gasteiger partial charge on any atom is -0.497 e. The Hall–Kier alpha value is -2.78. The second-order valence-corrected chi connectivity index (χ2v) is 7.74. The van der Waals surface area contributed by atoms with Crippen LogP contribution in [-0.4, -0.2) is 25.3 Å². The van der Waals surface area contributed by atoms with Gasteiger partial charge in [-0.05, 0) is 30.2 Å². The second-order valence-electron chi connectivity index (χ2n) is 6.05. The molecular weight excluding hydrogens is 388 g/mol. The highest BCUT2D eigenvalue weighted by Gasteiger charge is 2.27. The van der Waals surface area contributed by atoms with Crippen molar-refractivity contribution in [2.45, 2.75) is 24.4 Å². The van der Waals surface area contributed by atoms with Crippen LogP contribution in [-0.2, 0) is 10.0 Å². The molecule has 0 spiro atoms. The van der Waals surface area contributed by atoms with Crippen LogP contribution >= 0.6 is 0 Å². The smallest absolute Gasteiger partial charge is 0.333 e. The summed E-state index contributed by atoms with van der Waals surface area (Å²) in [6.45, 7) is -1.63. The highest BCUT2D eigenvalue weighted by atomic mass is 32.2. The van der Waals surface area contributed by atoms with Crippen molar-refractivity contribution < 1.29 is 21.9 Å². The normalized spacial score (nSPS) is 12.9. The first-order valence-electron chi connectivity index (χ1n) is 8.37. The number of methoxy groups -OCH3 is 1. The van der Waals surface area contributed by atoms with Crippen LogP contribution in [0.2, 0.25) is 0 Å². The predicted molar refractivity (Wildman–Crippen MR) is 99.8 cm³/mol. The van der Waals surface area contributed by atoms with Crippen LogP contribution in [0.5, 0.6) is 5.75 Å². The largest absolute Gasteiger partial charge is 0.497 e. The fraction of sp³-hybridized carbons (Fsp3) is 0.211. The number of hydrogen-bond acceptors (Lipinski definition) is 4. The van der Waals surface area contributed by atoms with Crippen molar-refractivity contribution in [2.75, 3.05) is 7.11 Å². The molecule has 1 heterocycles. The maximum atomic E-state index is 13.0. The van der Waals surface area contributed by atoms with Crippen molar-refractivity contribution >= 4 is 10.0 Å². The van der Waals surface area contributed by atoms with Crippen molar-refractivity contribution in [2.24, 2.45) is 0 Å². The molecule has 6 nitrogen and oxygen atoms in total. The summed E-state index contributed by atoms with van der Waals surface area (Å²) >= 11 is 0. The van der Waals surface area contributed by atoms with Gasteiger partial charge in [0, 0.05) is 0 Å². The summed E-state index contributed by atoms with van der Waals surface area (Å²) in [4.78, 5) is -0.290. The average molecular weight is 407 g/mol. The van der Waals surface area contributed by atoms with Crippen LogP contribution < -0.4 is 9.46 Å². The molecule has 0 radical (unpaired) electrons. The molecule has 0 unspecified atom stereocenters. The lowest BCUT2D eigenvalue weighted by atomic mass is 10.00. The van der Waals surface area contributed by atoms with Gasteiger partial charge in [0.1, 0.15) is 10.6 Å². The molecule has 9 heteroatoms. The van der Waals surface area contributed by atoms with E-state index in [0.717, 1.165) is 6.20 Å². The Morgan fingerprint density at radius 1 is 1.04 bits per heavy atom. The first kappa shape index (κ1) is 20.0. The lowest BCUT2D eigenvalue weighted by Gasteiger charge is -2.20. The summed E-state index contributed by atoms with van der Waals surface area (Å²) in [5.74, 6) is 0.632. The van der Waals surface area contributed by atoms with Crippen molar-refractivity contribution in [3.8, 4) is 5.75 Å². The molecule has 0 bridgehead atoms. The maximum absolute atomic E-state index is 13.0. The number of hydrogen-bond donors (Lipinski definition) is 1. The lowest BCUT2D eigenvalue weighted by Crippen LogP contribution is -2.29. The van der Waals surface area contributed by atoms with E-state index < -0.39 is 22.6 Å². The van der Waals surface area contributed by atoms with E-state index in [1.165, 1.54) is 14.0 Å². The Bertz CT molecular complexity index is 1040.